The summed E-state index contributed by atoms with van der Waals surface area (Å²) in [5, 5.41) is 19.1. The molecule has 0 amide bonds. The van der Waals surface area contributed by atoms with Gasteiger partial charge in [0.2, 0.25) is 0 Å². The monoisotopic (exact) mass is 219 g/mol. The van der Waals surface area contributed by atoms with Crippen LogP contribution in [0.1, 0.15) is 26.7 Å². The Morgan fingerprint density at radius 1 is 1.20 bits per heavy atom. The van der Waals surface area contributed by atoms with Gasteiger partial charge in [-0.15, -0.1) is 0 Å². The van der Waals surface area contributed by atoms with Gasteiger partial charge in [0, 0.05) is 26.7 Å². The molecule has 15 heavy (non-hydrogen) atoms. The van der Waals surface area contributed by atoms with Crippen molar-refractivity contribution < 1.29 is 14.9 Å². The summed E-state index contributed by atoms with van der Waals surface area (Å²) in [7, 11) is 1.66. The van der Waals surface area contributed by atoms with Crippen molar-refractivity contribution in [3.8, 4) is 0 Å². The predicted molar refractivity (Wildman–Crippen MR) is 60.9 cm³/mol. The normalized spacial score (nSPS) is 12.4. The van der Waals surface area contributed by atoms with E-state index < -0.39 is 5.60 Å². The van der Waals surface area contributed by atoms with E-state index in [0.29, 0.717) is 19.7 Å². The van der Waals surface area contributed by atoms with Crippen LogP contribution in [-0.2, 0) is 4.74 Å². The largest absolute Gasteiger partial charge is 0.395 e. The van der Waals surface area contributed by atoms with Crippen molar-refractivity contribution in [2.24, 2.45) is 0 Å². The lowest BCUT2D eigenvalue weighted by molar-refractivity contribution is -0.0119. The molecular formula is C11H25NO3. The van der Waals surface area contributed by atoms with Crippen LogP contribution in [0.25, 0.3) is 0 Å². The Bertz CT molecular complexity index is 149. The molecule has 0 aliphatic rings. The Morgan fingerprint density at radius 3 is 2.20 bits per heavy atom. The van der Waals surface area contributed by atoms with Crippen LogP contribution in [0.4, 0.5) is 0 Å². The van der Waals surface area contributed by atoms with Gasteiger partial charge in [-0.2, -0.15) is 0 Å². The number of aliphatic hydroxyl groups excluding tert-OH is 1. The molecule has 92 valence electrons. The summed E-state index contributed by atoms with van der Waals surface area (Å²) in [6.07, 6.45) is 1.47. The minimum atomic E-state index is -0.636. The first-order chi connectivity index (χ1) is 7.11. The van der Waals surface area contributed by atoms with E-state index in [1.807, 2.05) is 18.7 Å². The van der Waals surface area contributed by atoms with Crippen molar-refractivity contribution in [3.05, 3.63) is 0 Å². The molecule has 0 aliphatic heterocycles. The van der Waals surface area contributed by atoms with Crippen molar-refractivity contribution in [3.63, 3.8) is 0 Å². The molecule has 0 aliphatic carbocycles. The Morgan fingerprint density at radius 2 is 1.80 bits per heavy atom. The van der Waals surface area contributed by atoms with Gasteiger partial charge in [0.1, 0.15) is 0 Å². The zero-order chi connectivity index (χ0) is 11.7. The van der Waals surface area contributed by atoms with Gasteiger partial charge in [-0.25, -0.2) is 0 Å². The molecule has 0 unspecified atom stereocenters. The molecule has 0 fully saturated rings. The number of rotatable bonds is 9. The van der Waals surface area contributed by atoms with E-state index in [9.17, 15) is 5.11 Å². The van der Waals surface area contributed by atoms with Gasteiger partial charge in [-0.05, 0) is 12.8 Å². The first-order valence-electron chi connectivity index (χ1n) is 5.66. The SMILES string of the molecule is CCC(O)(CC)CN(CCO)CCOC. The molecule has 0 aromatic rings. The van der Waals surface area contributed by atoms with E-state index in [1.54, 1.807) is 7.11 Å². The van der Waals surface area contributed by atoms with Crippen LogP contribution < -0.4 is 0 Å². The zero-order valence-electron chi connectivity index (χ0n) is 10.2. The van der Waals surface area contributed by atoms with Crippen molar-refractivity contribution in [1.82, 2.24) is 4.90 Å². The van der Waals surface area contributed by atoms with Crippen LogP contribution in [0.15, 0.2) is 0 Å². The van der Waals surface area contributed by atoms with Gasteiger partial charge in [0.05, 0.1) is 18.8 Å². The molecular weight excluding hydrogens is 194 g/mol. The first-order valence-corrected chi connectivity index (χ1v) is 5.66. The Balaban J connectivity index is 4.11. The highest BCUT2D eigenvalue weighted by Crippen LogP contribution is 2.16. The fourth-order valence-electron chi connectivity index (χ4n) is 1.52. The summed E-state index contributed by atoms with van der Waals surface area (Å²) in [5.41, 5.74) is -0.636. The molecule has 0 saturated carbocycles. The fourth-order valence-corrected chi connectivity index (χ4v) is 1.52. The molecule has 0 radical (unpaired) electrons. The van der Waals surface area contributed by atoms with E-state index >= 15 is 0 Å². The highest BCUT2D eigenvalue weighted by Gasteiger charge is 2.25. The van der Waals surface area contributed by atoms with Crippen LogP contribution in [0.3, 0.4) is 0 Å². The van der Waals surface area contributed by atoms with Crippen LogP contribution in [0, 0.1) is 0 Å². The van der Waals surface area contributed by atoms with E-state index in [2.05, 4.69) is 0 Å². The highest BCUT2D eigenvalue weighted by atomic mass is 16.5. The number of ether oxygens (including phenoxy) is 1. The zero-order valence-corrected chi connectivity index (χ0v) is 10.2. The minimum Gasteiger partial charge on any atom is -0.395 e. The second kappa shape index (κ2) is 8.05. The molecule has 0 bridgehead atoms. The van der Waals surface area contributed by atoms with Gasteiger partial charge >= 0.3 is 0 Å². The number of methoxy groups -OCH3 is 1. The smallest absolute Gasteiger partial charge is 0.0768 e. The summed E-state index contributed by atoms with van der Waals surface area (Å²) >= 11 is 0. The molecule has 0 saturated heterocycles. The van der Waals surface area contributed by atoms with E-state index in [1.165, 1.54) is 0 Å². The van der Waals surface area contributed by atoms with Crippen LogP contribution in [-0.4, -0.2) is 60.7 Å². The summed E-state index contributed by atoms with van der Waals surface area (Å²) in [5.74, 6) is 0. The number of hydrogen-bond donors (Lipinski definition) is 2. The van der Waals surface area contributed by atoms with Gasteiger partial charge < -0.3 is 14.9 Å². The van der Waals surface area contributed by atoms with Crippen LogP contribution in [0.5, 0.6) is 0 Å². The molecule has 0 heterocycles. The maximum Gasteiger partial charge on any atom is 0.0768 e. The van der Waals surface area contributed by atoms with Crippen LogP contribution in [0.2, 0.25) is 0 Å². The molecule has 4 heteroatoms. The van der Waals surface area contributed by atoms with Crippen LogP contribution >= 0.6 is 0 Å². The molecule has 4 nitrogen and oxygen atoms in total. The van der Waals surface area contributed by atoms with Crippen molar-refractivity contribution in [1.29, 1.82) is 0 Å². The summed E-state index contributed by atoms with van der Waals surface area (Å²) in [6, 6.07) is 0. The lowest BCUT2D eigenvalue weighted by atomic mass is 9.97. The van der Waals surface area contributed by atoms with Gasteiger partial charge in [-0.3, -0.25) is 4.90 Å². The Kier molecular flexibility index (Phi) is 7.96. The van der Waals surface area contributed by atoms with E-state index in [4.69, 9.17) is 9.84 Å². The van der Waals surface area contributed by atoms with Gasteiger partial charge in [-0.1, -0.05) is 13.8 Å². The van der Waals surface area contributed by atoms with E-state index in [0.717, 1.165) is 19.4 Å². The molecule has 0 aromatic carbocycles. The minimum absolute atomic E-state index is 0.118. The highest BCUT2D eigenvalue weighted by molar-refractivity contribution is 4.79. The average Bonchev–Trinajstić information content (AvgIpc) is 2.26. The lowest BCUT2D eigenvalue weighted by Crippen LogP contribution is -2.44. The third-order valence-electron chi connectivity index (χ3n) is 2.86. The Labute approximate surface area is 92.9 Å². The summed E-state index contributed by atoms with van der Waals surface area (Å²) < 4.78 is 5.00. The predicted octanol–water partition coefficient (Wildman–Crippen LogP) is 0.478. The third kappa shape index (κ3) is 6.10. The number of aliphatic hydroxyl groups is 2. The van der Waals surface area contributed by atoms with Gasteiger partial charge in [0.15, 0.2) is 0 Å². The second-order valence-electron chi connectivity index (χ2n) is 3.92. The molecule has 2 N–H and O–H groups in total. The topological polar surface area (TPSA) is 52.9 Å². The molecule has 0 atom stereocenters. The average molecular weight is 219 g/mol. The lowest BCUT2D eigenvalue weighted by Gasteiger charge is -2.32. The molecule has 0 rings (SSSR count). The second-order valence-corrected chi connectivity index (χ2v) is 3.92. The summed E-state index contributed by atoms with van der Waals surface area (Å²) in [4.78, 5) is 2.04. The van der Waals surface area contributed by atoms with Crippen molar-refractivity contribution in [2.75, 3.05) is 40.0 Å². The van der Waals surface area contributed by atoms with E-state index in [-0.39, 0.29) is 6.61 Å². The number of nitrogens with zero attached hydrogens (tertiary/aromatic N) is 1. The maximum atomic E-state index is 10.2. The van der Waals surface area contributed by atoms with Gasteiger partial charge in [0.25, 0.3) is 0 Å². The Hall–Kier alpha value is -0.160. The van der Waals surface area contributed by atoms with Crippen molar-refractivity contribution >= 4 is 0 Å². The summed E-state index contributed by atoms with van der Waals surface area (Å²) in [6.45, 7) is 6.65. The quantitative estimate of drug-likeness (QED) is 0.592. The molecule has 0 spiro atoms. The number of hydrogen-bond acceptors (Lipinski definition) is 4. The maximum absolute atomic E-state index is 10.2. The first kappa shape index (κ1) is 14.8. The molecule has 0 aromatic heterocycles. The third-order valence-corrected chi connectivity index (χ3v) is 2.86. The standard InChI is InChI=1S/C11H25NO3/c1-4-11(14,5-2)10-12(6-8-13)7-9-15-3/h13-14H,4-10H2,1-3H3. The fraction of sp³-hybridized carbons (Fsp3) is 1.00. The van der Waals surface area contributed by atoms with Crippen molar-refractivity contribution in [2.45, 2.75) is 32.3 Å².